The van der Waals surface area contributed by atoms with Gasteiger partial charge in [-0.05, 0) is 60.9 Å². The minimum atomic E-state index is -0.499. The number of nitro benzene ring substituents is 1. The number of rotatable bonds is 4. The molecule has 0 radical (unpaired) electrons. The van der Waals surface area contributed by atoms with Gasteiger partial charge in [0.25, 0.3) is 5.69 Å². The molecule has 0 fully saturated rings. The van der Waals surface area contributed by atoms with E-state index in [2.05, 4.69) is 0 Å². The van der Waals surface area contributed by atoms with Gasteiger partial charge >= 0.3 is 5.97 Å². The summed E-state index contributed by atoms with van der Waals surface area (Å²) in [6.45, 7) is 3.93. The Morgan fingerprint density at radius 2 is 1.77 bits per heavy atom. The van der Waals surface area contributed by atoms with Crippen LogP contribution in [0.5, 0.6) is 5.75 Å². The molecule has 0 atom stereocenters. The van der Waals surface area contributed by atoms with Crippen molar-refractivity contribution in [2.45, 2.75) is 13.8 Å². The van der Waals surface area contributed by atoms with Gasteiger partial charge < -0.3 is 4.74 Å². The number of nitrogens with zero attached hydrogens (tertiary/aromatic N) is 1. The second kappa shape index (κ2) is 6.67. The number of ether oxygens (including phenoxy) is 1. The molecule has 0 aliphatic carbocycles. The molecule has 2 aromatic rings. The molecule has 0 N–H and O–H groups in total. The van der Waals surface area contributed by atoms with E-state index < -0.39 is 10.9 Å². The summed E-state index contributed by atoms with van der Waals surface area (Å²) in [6, 6.07) is 11.3. The standard InChI is InChI=1S/C17H15NO4/c1-12-3-9-16(11-13(12)2)22-17(19)10-6-14-4-7-15(8-5-14)18(20)21/h3-11H,1-2H3/b10-6+. The molecule has 0 saturated carbocycles. The highest BCUT2D eigenvalue weighted by molar-refractivity contribution is 5.88. The van der Waals surface area contributed by atoms with Gasteiger partial charge in [-0.2, -0.15) is 0 Å². The minimum Gasteiger partial charge on any atom is -0.423 e. The Labute approximate surface area is 128 Å². The highest BCUT2D eigenvalue weighted by atomic mass is 16.6. The predicted molar refractivity (Wildman–Crippen MR) is 83.7 cm³/mol. The van der Waals surface area contributed by atoms with Crippen LogP contribution in [0, 0.1) is 24.0 Å². The molecule has 0 heterocycles. The van der Waals surface area contributed by atoms with Crippen LogP contribution in [0.25, 0.3) is 6.08 Å². The zero-order chi connectivity index (χ0) is 16.1. The molecule has 5 nitrogen and oxygen atoms in total. The van der Waals surface area contributed by atoms with Crippen molar-refractivity contribution in [3.05, 3.63) is 75.3 Å². The highest BCUT2D eigenvalue weighted by Gasteiger charge is 2.04. The fraction of sp³-hybridized carbons (Fsp3) is 0.118. The summed E-state index contributed by atoms with van der Waals surface area (Å²) in [5.41, 5.74) is 2.86. The molecule has 2 aromatic carbocycles. The fourth-order valence-corrected chi connectivity index (χ4v) is 1.80. The van der Waals surface area contributed by atoms with E-state index in [0.717, 1.165) is 11.1 Å². The van der Waals surface area contributed by atoms with E-state index in [4.69, 9.17) is 4.74 Å². The van der Waals surface area contributed by atoms with Crippen LogP contribution in [0.3, 0.4) is 0 Å². The summed E-state index contributed by atoms with van der Waals surface area (Å²) in [5.74, 6) is -0.0111. The van der Waals surface area contributed by atoms with Crippen molar-refractivity contribution in [2.24, 2.45) is 0 Å². The Balaban J connectivity index is 2.01. The van der Waals surface area contributed by atoms with Crippen molar-refractivity contribution in [2.75, 3.05) is 0 Å². The average molecular weight is 297 g/mol. The van der Waals surface area contributed by atoms with E-state index in [-0.39, 0.29) is 5.69 Å². The van der Waals surface area contributed by atoms with Gasteiger partial charge in [-0.3, -0.25) is 10.1 Å². The van der Waals surface area contributed by atoms with E-state index >= 15 is 0 Å². The number of hydrogen-bond acceptors (Lipinski definition) is 4. The van der Waals surface area contributed by atoms with Crippen LogP contribution in [0.2, 0.25) is 0 Å². The quantitative estimate of drug-likeness (QED) is 0.283. The molecule has 0 saturated heterocycles. The first kappa shape index (κ1) is 15.4. The maximum absolute atomic E-state index is 11.7. The zero-order valence-electron chi connectivity index (χ0n) is 12.3. The van der Waals surface area contributed by atoms with Crippen LogP contribution in [-0.4, -0.2) is 10.9 Å². The van der Waals surface area contributed by atoms with E-state index in [1.54, 1.807) is 30.3 Å². The maximum atomic E-state index is 11.7. The number of esters is 1. The van der Waals surface area contributed by atoms with Gasteiger partial charge in [0, 0.05) is 18.2 Å². The first-order valence-electron chi connectivity index (χ1n) is 6.67. The molecule has 0 aromatic heterocycles. The molecule has 0 aliphatic heterocycles. The van der Waals surface area contributed by atoms with Crippen molar-refractivity contribution < 1.29 is 14.5 Å². The Hall–Kier alpha value is -2.95. The number of aryl methyl sites for hydroxylation is 2. The average Bonchev–Trinajstić information content (AvgIpc) is 2.49. The van der Waals surface area contributed by atoms with Crippen molar-refractivity contribution in [3.8, 4) is 5.75 Å². The van der Waals surface area contributed by atoms with Crippen molar-refractivity contribution in [3.63, 3.8) is 0 Å². The summed E-state index contributed by atoms with van der Waals surface area (Å²) < 4.78 is 5.20. The fourth-order valence-electron chi connectivity index (χ4n) is 1.80. The van der Waals surface area contributed by atoms with E-state index in [1.807, 2.05) is 19.9 Å². The Kier molecular flexibility index (Phi) is 4.68. The molecule has 0 aliphatic rings. The predicted octanol–water partition coefficient (Wildman–Crippen LogP) is 3.83. The van der Waals surface area contributed by atoms with Crippen LogP contribution in [0.1, 0.15) is 16.7 Å². The van der Waals surface area contributed by atoms with Gasteiger partial charge in [0.15, 0.2) is 0 Å². The van der Waals surface area contributed by atoms with Crippen LogP contribution in [-0.2, 0) is 4.79 Å². The van der Waals surface area contributed by atoms with Gasteiger partial charge in [-0.25, -0.2) is 4.79 Å². The summed E-state index contributed by atoms with van der Waals surface area (Å²) in [4.78, 5) is 21.8. The van der Waals surface area contributed by atoms with E-state index in [1.165, 1.54) is 18.2 Å². The summed E-state index contributed by atoms with van der Waals surface area (Å²) in [5, 5.41) is 10.5. The van der Waals surface area contributed by atoms with Gasteiger partial charge in [-0.1, -0.05) is 6.07 Å². The third kappa shape index (κ3) is 4.02. The van der Waals surface area contributed by atoms with Crippen molar-refractivity contribution in [1.29, 1.82) is 0 Å². The molecular weight excluding hydrogens is 282 g/mol. The molecule has 0 bridgehead atoms. The van der Waals surface area contributed by atoms with Crippen LogP contribution in [0.15, 0.2) is 48.5 Å². The molecule has 2 rings (SSSR count). The molecule has 0 unspecified atom stereocenters. The number of carbonyl (C=O) groups excluding carboxylic acids is 1. The molecule has 22 heavy (non-hydrogen) atoms. The minimum absolute atomic E-state index is 0.00913. The van der Waals surface area contributed by atoms with E-state index in [0.29, 0.717) is 11.3 Å². The topological polar surface area (TPSA) is 69.4 Å². The lowest BCUT2D eigenvalue weighted by Crippen LogP contribution is -2.03. The van der Waals surface area contributed by atoms with Gasteiger partial charge in [-0.15, -0.1) is 0 Å². The highest BCUT2D eigenvalue weighted by Crippen LogP contribution is 2.17. The Morgan fingerprint density at radius 3 is 2.36 bits per heavy atom. The lowest BCUT2D eigenvalue weighted by Gasteiger charge is -2.04. The second-order valence-corrected chi connectivity index (χ2v) is 4.85. The van der Waals surface area contributed by atoms with Gasteiger partial charge in [0.05, 0.1) is 4.92 Å². The number of non-ortho nitro benzene ring substituents is 1. The van der Waals surface area contributed by atoms with E-state index in [9.17, 15) is 14.9 Å². The summed E-state index contributed by atoms with van der Waals surface area (Å²) >= 11 is 0. The van der Waals surface area contributed by atoms with Crippen LogP contribution in [0.4, 0.5) is 5.69 Å². The Morgan fingerprint density at radius 1 is 1.09 bits per heavy atom. The molecule has 0 spiro atoms. The van der Waals surface area contributed by atoms with Gasteiger partial charge in [0.1, 0.15) is 5.75 Å². The van der Waals surface area contributed by atoms with Crippen molar-refractivity contribution in [1.82, 2.24) is 0 Å². The smallest absolute Gasteiger partial charge is 0.336 e. The third-order valence-corrected chi connectivity index (χ3v) is 3.21. The van der Waals surface area contributed by atoms with Crippen molar-refractivity contribution >= 4 is 17.7 Å². The monoisotopic (exact) mass is 297 g/mol. The third-order valence-electron chi connectivity index (χ3n) is 3.21. The zero-order valence-corrected chi connectivity index (χ0v) is 12.3. The SMILES string of the molecule is Cc1ccc(OC(=O)/C=C/c2ccc([N+](=O)[O-])cc2)cc1C. The molecule has 112 valence electrons. The Bertz CT molecular complexity index is 733. The maximum Gasteiger partial charge on any atom is 0.336 e. The van der Waals surface area contributed by atoms with Crippen LogP contribution < -0.4 is 4.74 Å². The molecule has 0 amide bonds. The number of carbonyl (C=O) groups is 1. The summed E-state index contributed by atoms with van der Waals surface area (Å²) in [6.07, 6.45) is 2.84. The second-order valence-electron chi connectivity index (χ2n) is 4.85. The van der Waals surface area contributed by atoms with Gasteiger partial charge in [0.2, 0.25) is 0 Å². The normalized spacial score (nSPS) is 10.6. The molecular formula is C17H15NO4. The largest absolute Gasteiger partial charge is 0.423 e. The first-order valence-corrected chi connectivity index (χ1v) is 6.67. The first-order chi connectivity index (χ1) is 10.5. The number of nitro groups is 1. The lowest BCUT2D eigenvalue weighted by atomic mass is 10.1. The lowest BCUT2D eigenvalue weighted by molar-refractivity contribution is -0.384. The number of hydrogen-bond donors (Lipinski definition) is 0. The van der Waals surface area contributed by atoms with Crippen LogP contribution >= 0.6 is 0 Å². The summed E-state index contributed by atoms with van der Waals surface area (Å²) in [7, 11) is 0. The molecule has 5 heteroatoms. The number of benzene rings is 2.